The van der Waals surface area contributed by atoms with E-state index in [0.29, 0.717) is 17.7 Å². The Hall–Kier alpha value is -2.10. The van der Waals surface area contributed by atoms with Crippen molar-refractivity contribution in [3.05, 3.63) is 41.5 Å². The molecule has 1 aliphatic carbocycles. The fourth-order valence-electron chi connectivity index (χ4n) is 2.57. The molecule has 0 saturated carbocycles. The first-order valence-corrected chi connectivity index (χ1v) is 7.71. The maximum atomic E-state index is 12.0. The minimum atomic E-state index is -0.935. The van der Waals surface area contributed by atoms with Crippen molar-refractivity contribution in [2.45, 2.75) is 51.4 Å². The van der Waals surface area contributed by atoms with Crippen LogP contribution in [0, 0.1) is 0 Å². The third kappa shape index (κ3) is 3.97. The average molecular weight is 301 g/mol. The van der Waals surface area contributed by atoms with Gasteiger partial charge < -0.3 is 10.4 Å². The van der Waals surface area contributed by atoms with Crippen LogP contribution < -0.4 is 5.32 Å². The van der Waals surface area contributed by atoms with Gasteiger partial charge >= 0.3 is 5.97 Å². The Morgan fingerprint density at radius 3 is 2.41 bits per heavy atom. The molecule has 1 aromatic rings. The van der Waals surface area contributed by atoms with Gasteiger partial charge in [-0.25, -0.2) is 0 Å². The first-order valence-electron chi connectivity index (χ1n) is 7.71. The van der Waals surface area contributed by atoms with Gasteiger partial charge in [0, 0.05) is 12.1 Å². The average Bonchev–Trinajstić information content (AvgIpc) is 2.48. The van der Waals surface area contributed by atoms with Gasteiger partial charge in [0.1, 0.15) is 0 Å². The molecule has 0 aliphatic heterocycles. The molecule has 0 spiro atoms. The first-order chi connectivity index (χ1) is 10.4. The molecular weight excluding hydrogens is 278 g/mol. The van der Waals surface area contributed by atoms with Crippen molar-refractivity contribution in [1.29, 1.82) is 0 Å². The Morgan fingerprint density at radius 1 is 1.18 bits per heavy atom. The Kier molecular flexibility index (Phi) is 5.01. The smallest absolute Gasteiger partial charge is 0.313 e. The maximum Gasteiger partial charge on any atom is 0.313 e. The summed E-state index contributed by atoms with van der Waals surface area (Å²) in [5, 5.41) is 12.1. The minimum absolute atomic E-state index is 0.0154. The van der Waals surface area contributed by atoms with Crippen molar-refractivity contribution < 1.29 is 14.7 Å². The van der Waals surface area contributed by atoms with E-state index in [1.165, 1.54) is 12.0 Å². The van der Waals surface area contributed by atoms with Crippen molar-refractivity contribution in [1.82, 2.24) is 0 Å². The van der Waals surface area contributed by atoms with Crippen LogP contribution in [0.5, 0.6) is 0 Å². The maximum absolute atomic E-state index is 12.0. The molecule has 22 heavy (non-hydrogen) atoms. The number of allylic oxidation sites excluding steroid dienone is 1. The van der Waals surface area contributed by atoms with Gasteiger partial charge in [-0.1, -0.05) is 23.8 Å². The van der Waals surface area contributed by atoms with E-state index in [0.717, 1.165) is 19.3 Å². The van der Waals surface area contributed by atoms with Crippen LogP contribution in [0.2, 0.25) is 0 Å². The molecule has 0 unspecified atom stereocenters. The third-order valence-corrected chi connectivity index (χ3v) is 4.20. The fraction of sp³-hybridized carbons (Fsp3) is 0.444. The van der Waals surface area contributed by atoms with Gasteiger partial charge in [-0.05, 0) is 57.2 Å². The number of carboxylic acid groups (broad SMARTS) is 1. The molecule has 0 heterocycles. The van der Waals surface area contributed by atoms with E-state index in [2.05, 4.69) is 11.4 Å². The summed E-state index contributed by atoms with van der Waals surface area (Å²) in [5.74, 6) is -0.882. The number of carbonyl (C=O) groups is 2. The molecule has 0 bridgehead atoms. The topological polar surface area (TPSA) is 66.4 Å². The zero-order valence-corrected chi connectivity index (χ0v) is 13.2. The van der Waals surface area contributed by atoms with Crippen molar-refractivity contribution in [3.8, 4) is 0 Å². The Bertz CT molecular complexity index is 585. The molecule has 2 rings (SSSR count). The number of hydrogen-bond acceptors (Lipinski definition) is 2. The molecule has 4 nitrogen and oxygen atoms in total. The summed E-state index contributed by atoms with van der Waals surface area (Å²) < 4.78 is 0. The Morgan fingerprint density at radius 2 is 1.86 bits per heavy atom. The summed E-state index contributed by atoms with van der Waals surface area (Å²) in [6.07, 6.45) is 7.08. The molecule has 0 atom stereocenters. The van der Waals surface area contributed by atoms with E-state index >= 15 is 0 Å². The van der Waals surface area contributed by atoms with Crippen LogP contribution >= 0.6 is 0 Å². The number of hydrogen-bond donors (Lipinski definition) is 2. The highest BCUT2D eigenvalue weighted by Gasteiger charge is 2.29. The molecule has 4 heteroatoms. The van der Waals surface area contributed by atoms with Gasteiger partial charge in [0.2, 0.25) is 5.91 Å². The van der Waals surface area contributed by atoms with E-state index < -0.39 is 11.4 Å². The summed E-state index contributed by atoms with van der Waals surface area (Å²) in [7, 11) is 0. The number of rotatable bonds is 5. The standard InChI is InChI=1S/C18H23NO3/c1-18(2,17(21)22)14-8-10-15(11-9-14)19-16(20)12-13-6-4-3-5-7-13/h6,8-11H,3-5,7,12H2,1-2H3,(H,19,20)(H,21,22). The number of carboxylic acids is 1. The lowest BCUT2D eigenvalue weighted by Gasteiger charge is -2.20. The molecule has 0 saturated heterocycles. The quantitative estimate of drug-likeness (QED) is 0.811. The molecule has 1 amide bonds. The second kappa shape index (κ2) is 6.77. The zero-order chi connectivity index (χ0) is 16.2. The molecule has 0 aromatic heterocycles. The van der Waals surface area contributed by atoms with Crippen molar-refractivity contribution in [2.75, 3.05) is 5.32 Å². The third-order valence-electron chi connectivity index (χ3n) is 4.20. The number of anilines is 1. The Labute approximate surface area is 131 Å². The van der Waals surface area contributed by atoms with Crippen LogP contribution in [0.4, 0.5) is 5.69 Å². The molecule has 118 valence electrons. The fourth-order valence-corrected chi connectivity index (χ4v) is 2.57. The summed E-state index contributed by atoms with van der Waals surface area (Å²) in [5.41, 5.74) is 1.70. The van der Waals surface area contributed by atoms with Crippen LogP contribution in [0.25, 0.3) is 0 Å². The van der Waals surface area contributed by atoms with E-state index in [1.807, 2.05) is 0 Å². The lowest BCUT2D eigenvalue weighted by molar-refractivity contribution is -0.142. The second-order valence-electron chi connectivity index (χ2n) is 6.34. The van der Waals surface area contributed by atoms with Crippen molar-refractivity contribution >= 4 is 17.6 Å². The van der Waals surface area contributed by atoms with Gasteiger partial charge in [-0.2, -0.15) is 0 Å². The van der Waals surface area contributed by atoms with Crippen molar-refractivity contribution in [3.63, 3.8) is 0 Å². The number of benzene rings is 1. The van der Waals surface area contributed by atoms with E-state index in [-0.39, 0.29) is 5.91 Å². The van der Waals surface area contributed by atoms with E-state index in [9.17, 15) is 14.7 Å². The number of aliphatic carboxylic acids is 1. The van der Waals surface area contributed by atoms with Crippen LogP contribution in [0.3, 0.4) is 0 Å². The summed E-state index contributed by atoms with van der Waals surface area (Å²) in [6.45, 7) is 3.33. The van der Waals surface area contributed by atoms with Gasteiger partial charge in [-0.15, -0.1) is 0 Å². The number of carbonyl (C=O) groups excluding carboxylic acids is 1. The number of amides is 1. The lowest BCUT2D eigenvalue weighted by Crippen LogP contribution is -2.28. The predicted molar refractivity (Wildman–Crippen MR) is 86.9 cm³/mol. The van der Waals surface area contributed by atoms with E-state index in [4.69, 9.17) is 0 Å². The molecule has 1 aliphatic rings. The molecule has 0 radical (unpaired) electrons. The molecule has 1 aromatic carbocycles. The predicted octanol–water partition coefficient (Wildman–Crippen LogP) is 3.88. The highest BCUT2D eigenvalue weighted by molar-refractivity contribution is 5.92. The second-order valence-corrected chi connectivity index (χ2v) is 6.34. The van der Waals surface area contributed by atoms with Gasteiger partial charge in [0.05, 0.1) is 5.41 Å². The van der Waals surface area contributed by atoms with Gasteiger partial charge in [-0.3, -0.25) is 9.59 Å². The lowest BCUT2D eigenvalue weighted by atomic mass is 9.85. The highest BCUT2D eigenvalue weighted by atomic mass is 16.4. The summed E-state index contributed by atoms with van der Waals surface area (Å²) >= 11 is 0. The highest BCUT2D eigenvalue weighted by Crippen LogP contribution is 2.25. The molecular formula is C18H23NO3. The van der Waals surface area contributed by atoms with Crippen LogP contribution in [0.1, 0.15) is 51.5 Å². The summed E-state index contributed by atoms with van der Waals surface area (Å²) in [4.78, 5) is 23.3. The largest absolute Gasteiger partial charge is 0.481 e. The van der Waals surface area contributed by atoms with Crippen LogP contribution in [-0.4, -0.2) is 17.0 Å². The Balaban J connectivity index is 1.97. The SMILES string of the molecule is CC(C)(C(=O)O)c1ccc(NC(=O)CC2=CCCCC2)cc1. The molecule has 2 N–H and O–H groups in total. The van der Waals surface area contributed by atoms with Gasteiger partial charge in [0.15, 0.2) is 0 Å². The van der Waals surface area contributed by atoms with Gasteiger partial charge in [0.25, 0.3) is 0 Å². The monoisotopic (exact) mass is 301 g/mol. The van der Waals surface area contributed by atoms with Crippen LogP contribution in [-0.2, 0) is 15.0 Å². The van der Waals surface area contributed by atoms with E-state index in [1.54, 1.807) is 38.1 Å². The minimum Gasteiger partial charge on any atom is -0.481 e. The summed E-state index contributed by atoms with van der Waals surface area (Å²) in [6, 6.07) is 7.02. The first kappa shape index (κ1) is 16.3. The zero-order valence-electron chi connectivity index (χ0n) is 13.2. The van der Waals surface area contributed by atoms with Crippen molar-refractivity contribution in [2.24, 2.45) is 0 Å². The number of nitrogens with one attached hydrogen (secondary N) is 1. The molecule has 0 fully saturated rings. The van der Waals surface area contributed by atoms with Crippen LogP contribution in [0.15, 0.2) is 35.9 Å². The normalized spacial score (nSPS) is 15.1.